The van der Waals surface area contributed by atoms with Crippen LogP contribution in [0.15, 0.2) is 0 Å². The number of amides is 1. The van der Waals surface area contributed by atoms with Gasteiger partial charge in [-0.3, -0.25) is 4.79 Å². The number of ether oxygens (including phenoxy) is 1. The maximum atomic E-state index is 10.9. The lowest BCUT2D eigenvalue weighted by atomic mass is 10.4. The van der Waals surface area contributed by atoms with Crippen LogP contribution in [0, 0.1) is 0 Å². The van der Waals surface area contributed by atoms with Crippen molar-refractivity contribution in [2.24, 2.45) is 0 Å². The lowest BCUT2D eigenvalue weighted by Gasteiger charge is -2.18. The van der Waals surface area contributed by atoms with E-state index in [1.807, 2.05) is 6.92 Å². The van der Waals surface area contributed by atoms with Gasteiger partial charge in [0.25, 0.3) is 0 Å². The van der Waals surface area contributed by atoms with Crippen molar-refractivity contribution in [1.29, 1.82) is 0 Å². The standard InChI is InChI=1S/C9H19NO2.H3N/c1-4-6-7-12-8-10(5-2)9(3)11;/h4-8H2,1-3H3;1H3. The predicted octanol–water partition coefficient (Wildman–Crippen LogP) is 1.79. The molecular formula is C9H22N2O2. The lowest BCUT2D eigenvalue weighted by molar-refractivity contribution is -0.134. The Labute approximate surface area is 80.8 Å². The van der Waals surface area contributed by atoms with Crippen molar-refractivity contribution in [3.8, 4) is 0 Å². The summed E-state index contributed by atoms with van der Waals surface area (Å²) < 4.78 is 5.29. The van der Waals surface area contributed by atoms with Crippen LogP contribution in [0.25, 0.3) is 0 Å². The van der Waals surface area contributed by atoms with E-state index >= 15 is 0 Å². The quantitative estimate of drug-likeness (QED) is 0.513. The first-order valence-corrected chi connectivity index (χ1v) is 4.55. The topological polar surface area (TPSA) is 64.5 Å². The summed E-state index contributed by atoms with van der Waals surface area (Å²) >= 11 is 0. The fraction of sp³-hybridized carbons (Fsp3) is 0.889. The molecule has 0 spiro atoms. The third-order valence-corrected chi connectivity index (χ3v) is 1.72. The maximum absolute atomic E-state index is 10.9. The smallest absolute Gasteiger partial charge is 0.221 e. The predicted molar refractivity (Wildman–Crippen MR) is 53.8 cm³/mol. The normalized spacial score (nSPS) is 9.15. The molecule has 0 bridgehead atoms. The molecule has 0 fully saturated rings. The molecule has 0 radical (unpaired) electrons. The van der Waals surface area contributed by atoms with Gasteiger partial charge in [-0.1, -0.05) is 13.3 Å². The molecule has 0 unspecified atom stereocenters. The average Bonchev–Trinajstić information content (AvgIpc) is 2.04. The van der Waals surface area contributed by atoms with Crippen molar-refractivity contribution in [2.75, 3.05) is 19.9 Å². The van der Waals surface area contributed by atoms with Gasteiger partial charge >= 0.3 is 0 Å². The van der Waals surface area contributed by atoms with Crippen LogP contribution in [0.5, 0.6) is 0 Å². The van der Waals surface area contributed by atoms with E-state index in [0.717, 1.165) is 26.0 Å². The molecule has 0 aromatic rings. The summed E-state index contributed by atoms with van der Waals surface area (Å²) in [6.07, 6.45) is 2.20. The average molecular weight is 190 g/mol. The number of rotatable bonds is 6. The van der Waals surface area contributed by atoms with Gasteiger partial charge in [0, 0.05) is 20.1 Å². The highest BCUT2D eigenvalue weighted by Gasteiger charge is 2.03. The zero-order chi connectivity index (χ0) is 9.40. The molecule has 1 amide bonds. The molecule has 0 rings (SSSR count). The first-order chi connectivity index (χ1) is 5.72. The van der Waals surface area contributed by atoms with Gasteiger partial charge in [-0.05, 0) is 13.3 Å². The first-order valence-electron chi connectivity index (χ1n) is 4.55. The largest absolute Gasteiger partial charge is 0.361 e. The molecule has 0 atom stereocenters. The van der Waals surface area contributed by atoms with Crippen molar-refractivity contribution < 1.29 is 9.53 Å². The van der Waals surface area contributed by atoms with E-state index in [0.29, 0.717) is 6.73 Å². The summed E-state index contributed by atoms with van der Waals surface area (Å²) in [6.45, 7) is 7.54. The van der Waals surface area contributed by atoms with Gasteiger partial charge in [0.2, 0.25) is 5.91 Å². The van der Waals surface area contributed by atoms with Gasteiger partial charge in [-0.2, -0.15) is 0 Å². The van der Waals surface area contributed by atoms with E-state index < -0.39 is 0 Å². The molecule has 0 aliphatic heterocycles. The molecule has 0 aromatic heterocycles. The van der Waals surface area contributed by atoms with Crippen molar-refractivity contribution in [2.45, 2.75) is 33.6 Å². The Balaban J connectivity index is 0. The summed E-state index contributed by atoms with van der Waals surface area (Å²) in [5, 5.41) is 0. The van der Waals surface area contributed by atoms with Crippen molar-refractivity contribution in [3.05, 3.63) is 0 Å². The Morgan fingerprint density at radius 1 is 1.38 bits per heavy atom. The monoisotopic (exact) mass is 190 g/mol. The maximum Gasteiger partial charge on any atom is 0.221 e. The number of carbonyl (C=O) groups is 1. The molecule has 4 nitrogen and oxygen atoms in total. The Kier molecular flexibility index (Phi) is 10.9. The molecule has 13 heavy (non-hydrogen) atoms. The molecule has 80 valence electrons. The molecule has 3 N–H and O–H groups in total. The van der Waals surface area contributed by atoms with Gasteiger partial charge in [0.05, 0.1) is 0 Å². The molecule has 0 saturated heterocycles. The number of nitrogens with zero attached hydrogens (tertiary/aromatic N) is 1. The highest BCUT2D eigenvalue weighted by molar-refractivity contribution is 5.72. The Bertz CT molecular complexity index is 129. The zero-order valence-electron chi connectivity index (χ0n) is 9.01. The fourth-order valence-corrected chi connectivity index (χ4v) is 0.826. The highest BCUT2D eigenvalue weighted by atomic mass is 16.5. The van der Waals surface area contributed by atoms with Crippen molar-refractivity contribution in [3.63, 3.8) is 0 Å². The van der Waals surface area contributed by atoms with Crippen molar-refractivity contribution >= 4 is 5.91 Å². The Morgan fingerprint density at radius 3 is 2.38 bits per heavy atom. The molecular weight excluding hydrogens is 168 g/mol. The third-order valence-electron chi connectivity index (χ3n) is 1.72. The van der Waals surface area contributed by atoms with E-state index in [-0.39, 0.29) is 12.1 Å². The van der Waals surface area contributed by atoms with Gasteiger partial charge in [-0.25, -0.2) is 0 Å². The second-order valence-electron chi connectivity index (χ2n) is 2.77. The van der Waals surface area contributed by atoms with Crippen LogP contribution in [0.4, 0.5) is 0 Å². The number of unbranched alkanes of at least 4 members (excludes halogenated alkanes) is 1. The number of hydrogen-bond donors (Lipinski definition) is 1. The lowest BCUT2D eigenvalue weighted by Crippen LogP contribution is -2.30. The fourth-order valence-electron chi connectivity index (χ4n) is 0.826. The van der Waals surface area contributed by atoms with E-state index in [4.69, 9.17) is 4.74 Å². The van der Waals surface area contributed by atoms with Crippen LogP contribution >= 0.6 is 0 Å². The summed E-state index contributed by atoms with van der Waals surface area (Å²) in [6, 6.07) is 0. The summed E-state index contributed by atoms with van der Waals surface area (Å²) in [5.74, 6) is 0.0778. The van der Waals surface area contributed by atoms with Crippen LogP contribution in [-0.2, 0) is 9.53 Å². The third kappa shape index (κ3) is 7.74. The first kappa shape index (κ1) is 14.9. The van der Waals surface area contributed by atoms with Crippen LogP contribution in [-0.4, -0.2) is 30.7 Å². The minimum Gasteiger partial charge on any atom is -0.361 e. The molecule has 0 aliphatic carbocycles. The Hall–Kier alpha value is -0.610. The van der Waals surface area contributed by atoms with Crippen LogP contribution in [0.3, 0.4) is 0 Å². The molecule has 0 aliphatic rings. The molecule has 4 heteroatoms. The van der Waals surface area contributed by atoms with Crippen LogP contribution < -0.4 is 6.15 Å². The number of carbonyl (C=O) groups excluding carboxylic acids is 1. The van der Waals surface area contributed by atoms with Crippen LogP contribution in [0.1, 0.15) is 33.6 Å². The highest BCUT2D eigenvalue weighted by Crippen LogP contribution is 1.92. The number of hydrogen-bond acceptors (Lipinski definition) is 3. The van der Waals surface area contributed by atoms with E-state index in [1.54, 1.807) is 11.8 Å². The van der Waals surface area contributed by atoms with Gasteiger partial charge in [-0.15, -0.1) is 0 Å². The second kappa shape index (κ2) is 9.48. The van der Waals surface area contributed by atoms with E-state index in [9.17, 15) is 4.79 Å². The SMILES string of the molecule is CCCCOCN(CC)C(C)=O.N. The molecule has 0 aromatic carbocycles. The van der Waals surface area contributed by atoms with Crippen LogP contribution in [0.2, 0.25) is 0 Å². The van der Waals surface area contributed by atoms with Gasteiger partial charge < -0.3 is 15.8 Å². The van der Waals surface area contributed by atoms with E-state index in [2.05, 4.69) is 6.92 Å². The van der Waals surface area contributed by atoms with Gasteiger partial charge in [0.1, 0.15) is 6.73 Å². The second-order valence-corrected chi connectivity index (χ2v) is 2.77. The minimum absolute atomic E-state index is 0. The van der Waals surface area contributed by atoms with E-state index in [1.165, 1.54) is 0 Å². The molecule has 0 heterocycles. The summed E-state index contributed by atoms with van der Waals surface area (Å²) in [7, 11) is 0. The summed E-state index contributed by atoms with van der Waals surface area (Å²) in [5.41, 5.74) is 0. The summed E-state index contributed by atoms with van der Waals surface area (Å²) in [4.78, 5) is 12.6. The van der Waals surface area contributed by atoms with Crippen molar-refractivity contribution in [1.82, 2.24) is 11.1 Å². The minimum atomic E-state index is 0. The zero-order valence-corrected chi connectivity index (χ0v) is 9.01. The van der Waals surface area contributed by atoms with Gasteiger partial charge in [0.15, 0.2) is 0 Å². The Morgan fingerprint density at radius 2 is 2.00 bits per heavy atom. The molecule has 0 saturated carbocycles.